The Hall–Kier alpha value is -3.31. The summed E-state index contributed by atoms with van der Waals surface area (Å²) < 4.78 is 0. The standard InChI is InChI=1S/C30H36ClN3O2/c1-6-25(22-12-8-7-9-13-22)30(36)34(19-21(2)3)20-23-18-24(16-17-28(23)33(4)5)32-29(35)26-14-10-11-15-27(26)31/h7-18,21,25H,6,19-20H2,1-5H3,(H,32,35). The minimum Gasteiger partial charge on any atom is -0.377 e. The molecule has 3 aromatic carbocycles. The van der Waals surface area contributed by atoms with Gasteiger partial charge in [-0.25, -0.2) is 0 Å². The van der Waals surface area contributed by atoms with Crippen molar-refractivity contribution in [2.45, 2.75) is 39.7 Å². The molecule has 5 nitrogen and oxygen atoms in total. The van der Waals surface area contributed by atoms with Gasteiger partial charge in [-0.3, -0.25) is 9.59 Å². The van der Waals surface area contributed by atoms with Crippen LogP contribution in [0.4, 0.5) is 11.4 Å². The molecular weight excluding hydrogens is 470 g/mol. The van der Waals surface area contributed by atoms with E-state index in [1.807, 2.05) is 72.4 Å². The maximum atomic E-state index is 13.8. The minimum absolute atomic E-state index is 0.118. The lowest BCUT2D eigenvalue weighted by atomic mass is 9.94. The summed E-state index contributed by atoms with van der Waals surface area (Å²) in [7, 11) is 3.96. The largest absolute Gasteiger partial charge is 0.377 e. The summed E-state index contributed by atoms with van der Waals surface area (Å²) in [4.78, 5) is 30.6. The molecule has 0 heterocycles. The number of hydrogen-bond donors (Lipinski definition) is 1. The van der Waals surface area contributed by atoms with E-state index in [-0.39, 0.29) is 17.7 Å². The van der Waals surface area contributed by atoms with Crippen molar-refractivity contribution in [3.05, 3.63) is 94.5 Å². The zero-order valence-corrected chi connectivity index (χ0v) is 22.5. The van der Waals surface area contributed by atoms with Crippen LogP contribution in [-0.4, -0.2) is 37.4 Å². The second kappa shape index (κ2) is 12.6. The highest BCUT2D eigenvalue weighted by Gasteiger charge is 2.26. The lowest BCUT2D eigenvalue weighted by Crippen LogP contribution is -2.37. The summed E-state index contributed by atoms with van der Waals surface area (Å²) in [6.45, 7) is 7.39. The Morgan fingerprint density at radius 3 is 2.22 bits per heavy atom. The monoisotopic (exact) mass is 505 g/mol. The van der Waals surface area contributed by atoms with Crippen LogP contribution in [0.5, 0.6) is 0 Å². The number of nitrogens with one attached hydrogen (secondary N) is 1. The zero-order chi connectivity index (χ0) is 26.2. The van der Waals surface area contributed by atoms with Crippen LogP contribution in [0, 0.1) is 5.92 Å². The summed E-state index contributed by atoms with van der Waals surface area (Å²) in [6, 6.07) is 22.8. The number of benzene rings is 3. The van der Waals surface area contributed by atoms with Gasteiger partial charge in [-0.05, 0) is 53.8 Å². The molecule has 0 aromatic heterocycles. The van der Waals surface area contributed by atoms with E-state index in [4.69, 9.17) is 11.6 Å². The molecule has 190 valence electrons. The normalized spacial score (nSPS) is 11.8. The second-order valence-corrected chi connectivity index (χ2v) is 10.1. The van der Waals surface area contributed by atoms with Crippen molar-refractivity contribution in [2.24, 2.45) is 5.92 Å². The van der Waals surface area contributed by atoms with Crippen molar-refractivity contribution in [1.82, 2.24) is 4.90 Å². The van der Waals surface area contributed by atoms with Gasteiger partial charge in [0.2, 0.25) is 5.91 Å². The first-order valence-corrected chi connectivity index (χ1v) is 12.8. The first-order chi connectivity index (χ1) is 17.2. The van der Waals surface area contributed by atoms with Crippen molar-refractivity contribution in [3.8, 4) is 0 Å². The fraction of sp³-hybridized carbons (Fsp3) is 0.333. The van der Waals surface area contributed by atoms with E-state index in [2.05, 4.69) is 26.1 Å². The molecule has 36 heavy (non-hydrogen) atoms. The molecule has 3 aromatic rings. The predicted octanol–water partition coefficient (Wildman–Crippen LogP) is 6.84. The van der Waals surface area contributed by atoms with Crippen molar-refractivity contribution in [1.29, 1.82) is 0 Å². The SMILES string of the molecule is CCC(C(=O)N(Cc1cc(NC(=O)c2ccccc2Cl)ccc1N(C)C)CC(C)C)c1ccccc1. The Balaban J connectivity index is 1.92. The van der Waals surface area contributed by atoms with Crippen LogP contribution in [0.1, 0.15) is 54.6 Å². The van der Waals surface area contributed by atoms with Crippen LogP contribution in [0.2, 0.25) is 5.02 Å². The zero-order valence-electron chi connectivity index (χ0n) is 21.8. The van der Waals surface area contributed by atoms with Crippen LogP contribution in [0.15, 0.2) is 72.8 Å². The molecular formula is C30H36ClN3O2. The maximum absolute atomic E-state index is 13.8. The molecule has 0 radical (unpaired) electrons. The van der Waals surface area contributed by atoms with Gasteiger partial charge in [0.25, 0.3) is 5.91 Å². The van der Waals surface area contributed by atoms with E-state index >= 15 is 0 Å². The molecule has 1 unspecified atom stereocenters. The topological polar surface area (TPSA) is 52.7 Å². The fourth-order valence-electron chi connectivity index (χ4n) is 4.41. The van der Waals surface area contributed by atoms with E-state index in [0.29, 0.717) is 35.3 Å². The highest BCUT2D eigenvalue weighted by Crippen LogP contribution is 2.29. The smallest absolute Gasteiger partial charge is 0.257 e. The number of carbonyl (C=O) groups excluding carboxylic acids is 2. The number of nitrogens with zero attached hydrogens (tertiary/aromatic N) is 2. The fourth-order valence-corrected chi connectivity index (χ4v) is 4.63. The highest BCUT2D eigenvalue weighted by molar-refractivity contribution is 6.34. The lowest BCUT2D eigenvalue weighted by molar-refractivity contribution is -0.134. The highest BCUT2D eigenvalue weighted by atomic mass is 35.5. The Morgan fingerprint density at radius 2 is 1.61 bits per heavy atom. The molecule has 6 heteroatoms. The molecule has 3 rings (SSSR count). The summed E-state index contributed by atoms with van der Waals surface area (Å²) in [5.74, 6) is -0.0361. The summed E-state index contributed by atoms with van der Waals surface area (Å²) >= 11 is 6.22. The molecule has 0 aliphatic heterocycles. The Kier molecular flexibility index (Phi) is 9.54. The summed E-state index contributed by atoms with van der Waals surface area (Å²) in [5, 5.41) is 3.37. The van der Waals surface area contributed by atoms with E-state index in [9.17, 15) is 9.59 Å². The summed E-state index contributed by atoms with van der Waals surface area (Å²) in [5.41, 5.74) is 4.08. The number of amides is 2. The van der Waals surface area contributed by atoms with Gasteiger partial charge in [0.1, 0.15) is 0 Å². The quantitative estimate of drug-likeness (QED) is 0.328. The summed E-state index contributed by atoms with van der Waals surface area (Å²) in [6.07, 6.45) is 0.728. The Morgan fingerprint density at radius 1 is 0.944 bits per heavy atom. The molecule has 0 fully saturated rings. The molecule has 2 amide bonds. The Bertz CT molecular complexity index is 1180. The molecule has 0 saturated carbocycles. The van der Waals surface area contributed by atoms with Crippen LogP contribution in [0.3, 0.4) is 0 Å². The third-order valence-corrected chi connectivity index (χ3v) is 6.43. The van der Waals surface area contributed by atoms with E-state index < -0.39 is 0 Å². The van der Waals surface area contributed by atoms with Crippen molar-refractivity contribution >= 4 is 34.8 Å². The van der Waals surface area contributed by atoms with Crippen LogP contribution in [-0.2, 0) is 11.3 Å². The molecule has 0 spiro atoms. The molecule has 0 bridgehead atoms. The number of anilines is 2. The second-order valence-electron chi connectivity index (χ2n) is 9.66. The van der Waals surface area contributed by atoms with Crippen molar-refractivity contribution < 1.29 is 9.59 Å². The number of carbonyl (C=O) groups is 2. The first kappa shape index (κ1) is 27.3. The van der Waals surface area contributed by atoms with Gasteiger partial charge in [0, 0.05) is 38.6 Å². The molecule has 0 aliphatic rings. The average Bonchev–Trinajstić information content (AvgIpc) is 2.84. The molecule has 0 saturated heterocycles. The van der Waals surface area contributed by atoms with Gasteiger partial charge in [0.15, 0.2) is 0 Å². The lowest BCUT2D eigenvalue weighted by Gasteiger charge is -2.30. The van der Waals surface area contributed by atoms with E-state index in [1.165, 1.54) is 0 Å². The third-order valence-electron chi connectivity index (χ3n) is 6.10. The molecule has 1 N–H and O–H groups in total. The van der Waals surface area contributed by atoms with Crippen molar-refractivity contribution in [3.63, 3.8) is 0 Å². The maximum Gasteiger partial charge on any atom is 0.257 e. The minimum atomic E-state index is -0.269. The van der Waals surface area contributed by atoms with Gasteiger partial charge in [-0.1, -0.05) is 74.8 Å². The molecule has 1 atom stereocenters. The van der Waals surface area contributed by atoms with Crippen molar-refractivity contribution in [2.75, 3.05) is 30.9 Å². The van der Waals surface area contributed by atoms with E-state index in [1.54, 1.807) is 24.3 Å². The molecule has 0 aliphatic carbocycles. The van der Waals surface area contributed by atoms with Crippen LogP contribution >= 0.6 is 11.6 Å². The third kappa shape index (κ3) is 6.88. The first-order valence-electron chi connectivity index (χ1n) is 12.4. The van der Waals surface area contributed by atoms with Gasteiger partial charge < -0.3 is 15.1 Å². The van der Waals surface area contributed by atoms with Gasteiger partial charge in [-0.2, -0.15) is 0 Å². The number of halogens is 1. The van der Waals surface area contributed by atoms with Gasteiger partial charge in [-0.15, -0.1) is 0 Å². The van der Waals surface area contributed by atoms with Gasteiger partial charge in [0.05, 0.1) is 16.5 Å². The average molecular weight is 506 g/mol. The number of rotatable bonds is 10. The number of hydrogen-bond acceptors (Lipinski definition) is 3. The van der Waals surface area contributed by atoms with Crippen LogP contribution < -0.4 is 10.2 Å². The van der Waals surface area contributed by atoms with Crippen LogP contribution in [0.25, 0.3) is 0 Å². The predicted molar refractivity (Wildman–Crippen MR) is 150 cm³/mol. The van der Waals surface area contributed by atoms with Gasteiger partial charge >= 0.3 is 0 Å². The Labute approximate surface area is 220 Å². The van der Waals surface area contributed by atoms with E-state index in [0.717, 1.165) is 23.2 Å².